The van der Waals surface area contributed by atoms with E-state index in [0.29, 0.717) is 0 Å². The average molecular weight is 327 g/mol. The minimum Gasteiger partial charge on any atom is -0.465 e. The van der Waals surface area contributed by atoms with Crippen LogP contribution in [-0.4, -0.2) is 26.5 Å². The second-order valence-corrected chi connectivity index (χ2v) is 6.06. The number of carbonyl (C=O) groups excluding carboxylic acids is 1. The number of rotatable bonds is 4. The van der Waals surface area contributed by atoms with Gasteiger partial charge in [-0.1, -0.05) is 17.7 Å². The lowest BCUT2D eigenvalue weighted by molar-refractivity contribution is 0.0600. The number of methoxy groups -OCH3 is 1. The third-order valence-electron chi connectivity index (χ3n) is 2.54. The number of nitrogens with zero attached hydrogens (tertiary/aromatic N) is 1. The van der Waals surface area contributed by atoms with Gasteiger partial charge in [0, 0.05) is 6.20 Å². The average Bonchev–Trinajstić information content (AvgIpc) is 2.46. The Morgan fingerprint density at radius 1 is 1.29 bits per heavy atom. The fourth-order valence-electron chi connectivity index (χ4n) is 1.59. The van der Waals surface area contributed by atoms with E-state index in [9.17, 15) is 13.2 Å². The number of halogens is 1. The van der Waals surface area contributed by atoms with Crippen molar-refractivity contribution >= 4 is 33.3 Å². The van der Waals surface area contributed by atoms with Crippen molar-refractivity contribution in [3.05, 3.63) is 53.3 Å². The van der Waals surface area contributed by atoms with Crippen LogP contribution in [0, 0.1) is 0 Å². The summed E-state index contributed by atoms with van der Waals surface area (Å²) in [7, 11) is -2.62. The van der Waals surface area contributed by atoms with Gasteiger partial charge in [0.2, 0.25) is 0 Å². The number of esters is 1. The summed E-state index contributed by atoms with van der Waals surface area (Å²) in [6.45, 7) is 0. The van der Waals surface area contributed by atoms with Gasteiger partial charge in [-0.25, -0.2) is 18.2 Å². The van der Waals surface area contributed by atoms with Crippen LogP contribution in [0.15, 0.2) is 47.5 Å². The number of hydrogen-bond donors (Lipinski definition) is 1. The summed E-state index contributed by atoms with van der Waals surface area (Å²) in [6.07, 6.45) is 1.38. The van der Waals surface area contributed by atoms with E-state index in [1.54, 1.807) is 0 Å². The quantitative estimate of drug-likeness (QED) is 0.688. The smallest absolute Gasteiger partial charge is 0.337 e. The zero-order chi connectivity index (χ0) is 15.5. The van der Waals surface area contributed by atoms with E-state index in [4.69, 9.17) is 11.6 Å². The van der Waals surface area contributed by atoms with Gasteiger partial charge in [0.15, 0.2) is 0 Å². The number of benzene rings is 1. The van der Waals surface area contributed by atoms with Crippen LogP contribution in [0.1, 0.15) is 10.4 Å². The fourth-order valence-corrected chi connectivity index (χ4v) is 2.86. The standard InChI is InChI=1S/C13H11ClN2O4S/c1-20-13(17)9-3-2-4-11(7-9)21(18,19)16-10-5-6-15-12(14)8-10/h2-8H,1H3,(H,15,16). The van der Waals surface area contributed by atoms with Gasteiger partial charge in [0.1, 0.15) is 5.15 Å². The van der Waals surface area contributed by atoms with Crippen LogP contribution in [0.5, 0.6) is 0 Å². The molecule has 0 amide bonds. The first-order valence-corrected chi connectivity index (χ1v) is 7.61. The molecule has 0 radical (unpaired) electrons. The van der Waals surface area contributed by atoms with Crippen LogP contribution >= 0.6 is 11.6 Å². The molecule has 0 unspecified atom stereocenters. The highest BCUT2D eigenvalue weighted by atomic mass is 35.5. The van der Waals surface area contributed by atoms with Crippen molar-refractivity contribution in [3.8, 4) is 0 Å². The van der Waals surface area contributed by atoms with Gasteiger partial charge >= 0.3 is 5.97 Å². The van der Waals surface area contributed by atoms with Gasteiger partial charge in [-0.2, -0.15) is 0 Å². The number of pyridine rings is 1. The topological polar surface area (TPSA) is 85.4 Å². The Balaban J connectivity index is 2.33. The highest BCUT2D eigenvalue weighted by Crippen LogP contribution is 2.19. The maximum Gasteiger partial charge on any atom is 0.337 e. The van der Waals surface area contributed by atoms with Crippen LogP contribution in [0.3, 0.4) is 0 Å². The monoisotopic (exact) mass is 326 g/mol. The van der Waals surface area contributed by atoms with Crippen LogP contribution in [0.2, 0.25) is 5.15 Å². The van der Waals surface area contributed by atoms with E-state index in [-0.39, 0.29) is 21.3 Å². The van der Waals surface area contributed by atoms with Crippen LogP contribution in [0.25, 0.3) is 0 Å². The third kappa shape index (κ3) is 3.71. The SMILES string of the molecule is COC(=O)c1cccc(S(=O)(=O)Nc2ccnc(Cl)c2)c1. The molecule has 1 N–H and O–H groups in total. The lowest BCUT2D eigenvalue weighted by Gasteiger charge is -2.09. The van der Waals surface area contributed by atoms with Gasteiger partial charge in [0.25, 0.3) is 10.0 Å². The first kappa shape index (κ1) is 15.3. The lowest BCUT2D eigenvalue weighted by Crippen LogP contribution is -2.14. The van der Waals surface area contributed by atoms with Crippen LogP contribution in [-0.2, 0) is 14.8 Å². The van der Waals surface area contributed by atoms with E-state index < -0.39 is 16.0 Å². The Morgan fingerprint density at radius 3 is 2.71 bits per heavy atom. The van der Waals surface area contributed by atoms with Crippen molar-refractivity contribution < 1.29 is 17.9 Å². The van der Waals surface area contributed by atoms with Crippen molar-refractivity contribution in [1.82, 2.24) is 4.98 Å². The number of carbonyl (C=O) groups is 1. The van der Waals surface area contributed by atoms with Gasteiger partial charge in [0.05, 0.1) is 23.3 Å². The maximum absolute atomic E-state index is 12.2. The molecule has 1 aromatic heterocycles. The van der Waals surface area contributed by atoms with E-state index in [0.717, 1.165) is 0 Å². The number of anilines is 1. The zero-order valence-electron chi connectivity index (χ0n) is 10.9. The molecule has 1 aromatic carbocycles. The van der Waals surface area contributed by atoms with Crippen molar-refractivity contribution in [1.29, 1.82) is 0 Å². The number of nitrogens with one attached hydrogen (secondary N) is 1. The summed E-state index contributed by atoms with van der Waals surface area (Å²) in [5.74, 6) is -0.612. The highest BCUT2D eigenvalue weighted by Gasteiger charge is 2.17. The molecule has 0 aliphatic carbocycles. The molecule has 110 valence electrons. The van der Waals surface area contributed by atoms with E-state index in [1.165, 1.54) is 49.7 Å². The van der Waals surface area contributed by atoms with Crippen molar-refractivity contribution in [2.45, 2.75) is 4.90 Å². The van der Waals surface area contributed by atoms with Gasteiger partial charge in [-0.15, -0.1) is 0 Å². The predicted octanol–water partition coefficient (Wildman–Crippen LogP) is 2.32. The van der Waals surface area contributed by atoms with Gasteiger partial charge in [-0.05, 0) is 30.3 Å². The molecule has 0 saturated carbocycles. The molecule has 0 bridgehead atoms. The van der Waals surface area contributed by atoms with Crippen molar-refractivity contribution in [2.24, 2.45) is 0 Å². The molecule has 0 fully saturated rings. The maximum atomic E-state index is 12.2. The molecule has 0 aliphatic heterocycles. The Hall–Kier alpha value is -2.12. The van der Waals surface area contributed by atoms with E-state index in [1.807, 2.05) is 0 Å². The fraction of sp³-hybridized carbons (Fsp3) is 0.0769. The number of ether oxygens (including phenoxy) is 1. The summed E-state index contributed by atoms with van der Waals surface area (Å²) in [5, 5.41) is 0.165. The van der Waals surface area contributed by atoms with E-state index in [2.05, 4.69) is 14.4 Å². The largest absolute Gasteiger partial charge is 0.465 e. The Bertz CT molecular complexity index is 777. The minimum atomic E-state index is -3.84. The second kappa shape index (κ2) is 6.11. The molecule has 2 aromatic rings. The zero-order valence-corrected chi connectivity index (χ0v) is 12.5. The summed E-state index contributed by atoms with van der Waals surface area (Å²) < 4.78 is 31.4. The number of aromatic nitrogens is 1. The molecule has 0 spiro atoms. The van der Waals surface area contributed by atoms with Crippen LogP contribution in [0.4, 0.5) is 5.69 Å². The number of hydrogen-bond acceptors (Lipinski definition) is 5. The van der Waals surface area contributed by atoms with Crippen molar-refractivity contribution in [3.63, 3.8) is 0 Å². The number of sulfonamides is 1. The Morgan fingerprint density at radius 2 is 2.05 bits per heavy atom. The lowest BCUT2D eigenvalue weighted by atomic mass is 10.2. The molecule has 1 heterocycles. The normalized spacial score (nSPS) is 11.0. The Kier molecular flexibility index (Phi) is 4.44. The molecule has 0 saturated heterocycles. The van der Waals surface area contributed by atoms with Gasteiger partial charge < -0.3 is 4.74 Å². The van der Waals surface area contributed by atoms with Crippen molar-refractivity contribution in [2.75, 3.05) is 11.8 Å². The predicted molar refractivity (Wildman–Crippen MR) is 77.8 cm³/mol. The molecule has 0 aliphatic rings. The second-order valence-electron chi connectivity index (χ2n) is 3.99. The molecule has 0 atom stereocenters. The molecule has 8 heteroatoms. The summed E-state index contributed by atoms with van der Waals surface area (Å²) in [5.41, 5.74) is 0.423. The van der Waals surface area contributed by atoms with Gasteiger partial charge in [-0.3, -0.25) is 4.72 Å². The molecule has 6 nitrogen and oxygen atoms in total. The Labute approximate surface area is 126 Å². The third-order valence-corrected chi connectivity index (χ3v) is 4.13. The molecular weight excluding hydrogens is 316 g/mol. The molecule has 2 rings (SSSR count). The molecular formula is C13H11ClN2O4S. The first-order valence-electron chi connectivity index (χ1n) is 5.75. The molecule has 21 heavy (non-hydrogen) atoms. The van der Waals surface area contributed by atoms with E-state index >= 15 is 0 Å². The highest BCUT2D eigenvalue weighted by molar-refractivity contribution is 7.92. The summed E-state index contributed by atoms with van der Waals surface area (Å²) in [6, 6.07) is 8.37. The summed E-state index contributed by atoms with van der Waals surface area (Å²) in [4.78, 5) is 15.1. The first-order chi connectivity index (χ1) is 9.92. The van der Waals surface area contributed by atoms with Crippen LogP contribution < -0.4 is 4.72 Å². The minimum absolute atomic E-state index is 0.0571. The summed E-state index contributed by atoms with van der Waals surface area (Å²) >= 11 is 5.70.